The van der Waals surface area contributed by atoms with Crippen LogP contribution in [0.25, 0.3) is 22.3 Å². The van der Waals surface area contributed by atoms with E-state index in [-0.39, 0.29) is 18.7 Å². The topological polar surface area (TPSA) is 127 Å². The van der Waals surface area contributed by atoms with Gasteiger partial charge in [0.25, 0.3) is 5.91 Å². The van der Waals surface area contributed by atoms with E-state index in [1.165, 1.54) is 0 Å². The van der Waals surface area contributed by atoms with Gasteiger partial charge in [-0.1, -0.05) is 0 Å². The molecular formula is C26H22F2N6O4S. The molecule has 2 aliphatic heterocycles. The number of carbonyl (C=O) groups excluding carboxylic acids is 1. The van der Waals surface area contributed by atoms with Crippen LogP contribution < -0.4 is 15.0 Å². The van der Waals surface area contributed by atoms with Crippen molar-refractivity contribution in [3.05, 3.63) is 65.9 Å². The summed E-state index contributed by atoms with van der Waals surface area (Å²) in [5.74, 6) is -1.73. The highest BCUT2D eigenvalue weighted by Crippen LogP contribution is 2.35. The molecule has 0 aliphatic carbocycles. The summed E-state index contributed by atoms with van der Waals surface area (Å²) in [6, 6.07) is 9.01. The van der Waals surface area contributed by atoms with Gasteiger partial charge in [0.1, 0.15) is 4.90 Å². The lowest BCUT2D eigenvalue weighted by Gasteiger charge is -2.30. The second kappa shape index (κ2) is 9.80. The minimum atomic E-state index is -4.50. The van der Waals surface area contributed by atoms with Gasteiger partial charge in [-0.25, -0.2) is 32.2 Å². The summed E-state index contributed by atoms with van der Waals surface area (Å²) in [6.45, 7) is 1.51. The van der Waals surface area contributed by atoms with E-state index in [1.807, 2.05) is 12.1 Å². The Morgan fingerprint density at radius 3 is 2.72 bits per heavy atom. The summed E-state index contributed by atoms with van der Waals surface area (Å²) in [7, 11) is -4.50. The summed E-state index contributed by atoms with van der Waals surface area (Å²) in [5.41, 5.74) is -0.0949. The Labute approximate surface area is 222 Å². The summed E-state index contributed by atoms with van der Waals surface area (Å²) < 4.78 is 58.8. The van der Waals surface area contributed by atoms with Crippen molar-refractivity contribution < 1.29 is 26.7 Å². The zero-order valence-electron chi connectivity index (χ0n) is 20.5. The Balaban J connectivity index is 1.22. The van der Waals surface area contributed by atoms with E-state index < -0.39 is 44.1 Å². The van der Waals surface area contributed by atoms with Crippen molar-refractivity contribution in [3.63, 3.8) is 0 Å². The second-order valence-corrected chi connectivity index (χ2v) is 11.2. The smallest absolute Gasteiger partial charge is 0.251 e. The number of alkyl halides is 1. The maximum Gasteiger partial charge on any atom is 0.251 e. The number of carbonyl (C=O) groups is 1. The predicted molar refractivity (Wildman–Crippen MR) is 137 cm³/mol. The summed E-state index contributed by atoms with van der Waals surface area (Å²) in [6.07, 6.45) is 4.00. The van der Waals surface area contributed by atoms with Crippen molar-refractivity contribution in [2.45, 2.75) is 29.8 Å². The van der Waals surface area contributed by atoms with Crippen molar-refractivity contribution in [1.82, 2.24) is 25.3 Å². The second-order valence-electron chi connectivity index (χ2n) is 9.21. The van der Waals surface area contributed by atoms with E-state index in [1.54, 1.807) is 24.5 Å². The number of ether oxygens (including phenoxy) is 1. The van der Waals surface area contributed by atoms with Crippen molar-refractivity contribution in [2.75, 3.05) is 24.6 Å². The van der Waals surface area contributed by atoms with Crippen molar-refractivity contribution in [1.29, 1.82) is 0 Å². The van der Waals surface area contributed by atoms with Gasteiger partial charge in [-0.05, 0) is 42.8 Å². The lowest BCUT2D eigenvalue weighted by molar-refractivity contribution is 0.0949. The number of fused-ring (bicyclic) bond motifs is 2. The van der Waals surface area contributed by atoms with Crippen molar-refractivity contribution in [2.24, 2.45) is 0 Å². The number of amides is 1. The van der Waals surface area contributed by atoms with Crippen LogP contribution >= 0.6 is 0 Å². The van der Waals surface area contributed by atoms with Gasteiger partial charge in [0.15, 0.2) is 11.6 Å². The number of sulfone groups is 1. The Morgan fingerprint density at radius 1 is 1.10 bits per heavy atom. The quantitative estimate of drug-likeness (QED) is 0.397. The molecule has 10 nitrogen and oxygen atoms in total. The first-order valence-electron chi connectivity index (χ1n) is 12.3. The number of halogens is 2. The van der Waals surface area contributed by atoms with Crippen LogP contribution in [0.5, 0.6) is 5.75 Å². The summed E-state index contributed by atoms with van der Waals surface area (Å²) in [5, 5.41) is 3.38. The molecule has 1 atom stereocenters. The number of hydrogen-bond donors (Lipinski definition) is 1. The number of nitrogens with zero attached hydrogens (tertiary/aromatic N) is 5. The van der Waals surface area contributed by atoms with E-state index in [0.717, 1.165) is 37.0 Å². The van der Waals surface area contributed by atoms with Gasteiger partial charge in [-0.2, -0.15) is 0 Å². The molecule has 3 aromatic heterocycles. The zero-order valence-corrected chi connectivity index (χ0v) is 21.3. The van der Waals surface area contributed by atoms with E-state index >= 15 is 0 Å². The molecule has 2 aliphatic rings. The van der Waals surface area contributed by atoms with E-state index in [9.17, 15) is 22.0 Å². The minimum Gasteiger partial charge on any atom is -0.489 e. The first kappa shape index (κ1) is 25.0. The molecule has 5 heterocycles. The van der Waals surface area contributed by atoms with Crippen LogP contribution in [0.2, 0.25) is 0 Å². The van der Waals surface area contributed by atoms with Crippen molar-refractivity contribution >= 4 is 32.6 Å². The third-order valence-corrected chi connectivity index (χ3v) is 8.44. The average molecular weight is 553 g/mol. The first-order valence-corrected chi connectivity index (χ1v) is 13.8. The molecular weight excluding hydrogens is 530 g/mol. The van der Waals surface area contributed by atoms with Gasteiger partial charge < -0.3 is 15.0 Å². The maximum absolute atomic E-state index is 14.6. The van der Waals surface area contributed by atoms with Gasteiger partial charge >= 0.3 is 0 Å². The number of rotatable bonds is 5. The summed E-state index contributed by atoms with van der Waals surface area (Å²) in [4.78, 5) is 32.2. The predicted octanol–water partition coefficient (Wildman–Crippen LogP) is 3.22. The third kappa shape index (κ3) is 4.73. The molecule has 1 fully saturated rings. The third-order valence-electron chi connectivity index (χ3n) is 6.61. The van der Waals surface area contributed by atoms with E-state index in [0.29, 0.717) is 28.5 Å². The Kier molecular flexibility index (Phi) is 6.29. The largest absolute Gasteiger partial charge is 0.489 e. The minimum absolute atomic E-state index is 0.0407. The highest BCUT2D eigenvalue weighted by atomic mass is 32.2. The summed E-state index contributed by atoms with van der Waals surface area (Å²) >= 11 is 0. The molecule has 1 N–H and O–H groups in total. The highest BCUT2D eigenvalue weighted by Gasteiger charge is 2.35. The molecule has 1 amide bonds. The maximum atomic E-state index is 14.6. The van der Waals surface area contributed by atoms with Crippen LogP contribution in [0.4, 0.5) is 14.7 Å². The molecule has 13 heteroatoms. The Bertz CT molecular complexity index is 1710. The van der Waals surface area contributed by atoms with Gasteiger partial charge in [0.2, 0.25) is 21.3 Å². The van der Waals surface area contributed by atoms with Crippen molar-refractivity contribution in [3.8, 4) is 17.1 Å². The van der Waals surface area contributed by atoms with Crippen LogP contribution in [0.15, 0.2) is 53.7 Å². The molecule has 0 spiro atoms. The SMILES string of the molecule is O=C(NCc1cc2nc(-c3ccnc(N4CCC4)n3)ccc2cn1)c1cc(F)c2c(c1)S(=O)(=O)[C@@H](F)CCO2. The molecule has 4 aromatic rings. The molecule has 39 heavy (non-hydrogen) atoms. The standard InChI is InChI=1S/C26H22F2N6O4S/c27-18-10-16(11-22-24(18)38-9-5-23(28)39(22,36)37)25(35)31-14-17-12-21-15(13-30-17)2-3-19(32-21)20-4-6-29-26(33-20)34-7-1-8-34/h2-4,6,10-13,23H,1,5,7-9,14H2,(H,31,35)/t23-/m1/s1. The van der Waals surface area contributed by atoms with Gasteiger partial charge in [-0.3, -0.25) is 9.78 Å². The lowest BCUT2D eigenvalue weighted by Crippen LogP contribution is -2.38. The van der Waals surface area contributed by atoms with Gasteiger partial charge in [0.05, 0.1) is 35.8 Å². The number of pyridine rings is 2. The van der Waals surface area contributed by atoms with Gasteiger partial charge in [0, 0.05) is 42.9 Å². The molecule has 0 bridgehead atoms. The number of hydrogen-bond acceptors (Lipinski definition) is 9. The zero-order chi connectivity index (χ0) is 27.1. The normalized spacial score (nSPS) is 18.0. The molecule has 0 saturated carbocycles. The molecule has 6 rings (SSSR count). The van der Waals surface area contributed by atoms with Crippen LogP contribution in [0.3, 0.4) is 0 Å². The monoisotopic (exact) mass is 552 g/mol. The molecule has 0 unspecified atom stereocenters. The van der Waals surface area contributed by atoms with Crippen LogP contribution in [0.1, 0.15) is 28.9 Å². The molecule has 1 aromatic carbocycles. The fourth-order valence-electron chi connectivity index (χ4n) is 4.33. The fraction of sp³-hybridized carbons (Fsp3) is 0.269. The van der Waals surface area contributed by atoms with E-state index in [2.05, 4.69) is 25.2 Å². The van der Waals surface area contributed by atoms with Crippen LogP contribution in [-0.4, -0.2) is 59.5 Å². The number of nitrogens with one attached hydrogen (secondary N) is 1. The lowest BCUT2D eigenvalue weighted by atomic mass is 10.1. The number of aromatic nitrogens is 4. The molecule has 200 valence electrons. The van der Waals surface area contributed by atoms with Crippen LogP contribution in [-0.2, 0) is 16.4 Å². The highest BCUT2D eigenvalue weighted by molar-refractivity contribution is 7.92. The first-order chi connectivity index (χ1) is 18.8. The van der Waals surface area contributed by atoms with E-state index in [4.69, 9.17) is 9.72 Å². The fourth-order valence-corrected chi connectivity index (χ4v) is 5.72. The number of anilines is 1. The van der Waals surface area contributed by atoms with Gasteiger partial charge in [-0.15, -0.1) is 0 Å². The van der Waals surface area contributed by atoms with Crippen LogP contribution in [0, 0.1) is 5.82 Å². The average Bonchev–Trinajstić information content (AvgIpc) is 3.01. The Hall–Kier alpha value is -4.26. The molecule has 1 saturated heterocycles. The Morgan fingerprint density at radius 2 is 1.92 bits per heavy atom. The number of benzene rings is 1. The molecule has 0 radical (unpaired) electrons.